The minimum Gasteiger partial charge on any atom is -0.507 e. The average molecular weight is 298 g/mol. The van der Waals surface area contributed by atoms with Crippen LogP contribution in [0.1, 0.15) is 21.5 Å². The molecule has 4 nitrogen and oxygen atoms in total. The Kier molecular flexibility index (Phi) is 5.03. The summed E-state index contributed by atoms with van der Waals surface area (Å²) < 4.78 is 12.8. The molecule has 2 rings (SSSR count). The number of phenols is 1. The molecule has 0 bridgehead atoms. The first-order chi connectivity index (χ1) is 10.6. The van der Waals surface area contributed by atoms with Gasteiger partial charge in [-0.3, -0.25) is 4.79 Å². The van der Waals surface area contributed by atoms with Gasteiger partial charge in [0.25, 0.3) is 5.91 Å². The van der Waals surface area contributed by atoms with Gasteiger partial charge in [-0.25, -0.2) is 9.82 Å². The molecule has 0 aromatic heterocycles. The van der Waals surface area contributed by atoms with Crippen LogP contribution < -0.4 is 5.43 Å². The van der Waals surface area contributed by atoms with E-state index in [1.807, 2.05) is 0 Å². The van der Waals surface area contributed by atoms with Crippen LogP contribution in [-0.2, 0) is 6.42 Å². The third-order valence-electron chi connectivity index (χ3n) is 2.99. The van der Waals surface area contributed by atoms with E-state index in [1.54, 1.807) is 24.3 Å². The summed E-state index contributed by atoms with van der Waals surface area (Å²) in [6, 6.07) is 10.4. The van der Waals surface area contributed by atoms with Crippen LogP contribution in [0.4, 0.5) is 4.39 Å². The Morgan fingerprint density at radius 2 is 2.00 bits per heavy atom. The molecule has 0 aliphatic carbocycles. The quantitative estimate of drug-likeness (QED) is 0.506. The number of phenolic OH excluding ortho intramolecular Hbond substituents is 1. The molecule has 2 aromatic rings. The molecule has 0 heterocycles. The van der Waals surface area contributed by atoms with Crippen molar-refractivity contribution in [2.24, 2.45) is 5.10 Å². The number of hydrazone groups is 1. The molecule has 2 aromatic carbocycles. The fourth-order valence-corrected chi connectivity index (χ4v) is 1.86. The predicted octanol–water partition coefficient (Wildman–Crippen LogP) is 3.02. The number of aromatic hydroxyl groups is 1. The molecule has 1 amide bonds. The zero-order chi connectivity index (χ0) is 15.9. The molecule has 5 heteroatoms. The minimum atomic E-state index is -0.460. The summed E-state index contributed by atoms with van der Waals surface area (Å²) in [5.74, 6) is -0.774. The van der Waals surface area contributed by atoms with Gasteiger partial charge in [0.15, 0.2) is 0 Å². The number of hydrogen-bond donors (Lipinski definition) is 2. The van der Waals surface area contributed by atoms with Gasteiger partial charge in [0, 0.05) is 11.1 Å². The van der Waals surface area contributed by atoms with Gasteiger partial charge in [0.05, 0.1) is 6.21 Å². The van der Waals surface area contributed by atoms with Gasteiger partial charge in [-0.1, -0.05) is 18.2 Å². The Balaban J connectivity index is 2.06. The standard InChI is InChI=1S/C17H15FN2O2/c1-2-4-12-5-3-6-14(16(12)21)11-19-20-17(22)13-7-9-15(18)10-8-13/h2-3,5-11,21H,1,4H2,(H,20,22)/b19-11+. The third kappa shape index (κ3) is 3.79. The molecule has 0 spiro atoms. The van der Waals surface area contributed by atoms with Crippen molar-refractivity contribution in [3.05, 3.63) is 77.6 Å². The maximum atomic E-state index is 12.8. The minimum absolute atomic E-state index is 0.0992. The maximum absolute atomic E-state index is 12.8. The number of nitrogens with zero attached hydrogens (tertiary/aromatic N) is 1. The van der Waals surface area contributed by atoms with Gasteiger partial charge in [-0.05, 0) is 42.3 Å². The SMILES string of the molecule is C=CCc1cccc(/C=N/NC(=O)c2ccc(F)cc2)c1O. The van der Waals surface area contributed by atoms with Crippen molar-refractivity contribution in [1.29, 1.82) is 0 Å². The van der Waals surface area contributed by atoms with Gasteiger partial charge < -0.3 is 5.11 Å². The van der Waals surface area contributed by atoms with Crippen LogP contribution >= 0.6 is 0 Å². The van der Waals surface area contributed by atoms with Gasteiger partial charge in [0.1, 0.15) is 11.6 Å². The fourth-order valence-electron chi connectivity index (χ4n) is 1.86. The first-order valence-electron chi connectivity index (χ1n) is 6.62. The van der Waals surface area contributed by atoms with E-state index in [9.17, 15) is 14.3 Å². The lowest BCUT2D eigenvalue weighted by Crippen LogP contribution is -2.17. The number of rotatable bonds is 5. The van der Waals surface area contributed by atoms with Crippen LogP contribution in [0.2, 0.25) is 0 Å². The first-order valence-corrected chi connectivity index (χ1v) is 6.62. The summed E-state index contributed by atoms with van der Waals surface area (Å²) in [6.07, 6.45) is 3.57. The number of benzene rings is 2. The van der Waals surface area contributed by atoms with Gasteiger partial charge in [-0.2, -0.15) is 5.10 Å². The molecular formula is C17H15FN2O2. The number of nitrogens with one attached hydrogen (secondary N) is 1. The summed E-state index contributed by atoms with van der Waals surface area (Å²) in [5.41, 5.74) is 3.83. The third-order valence-corrected chi connectivity index (χ3v) is 2.99. The highest BCUT2D eigenvalue weighted by atomic mass is 19.1. The summed E-state index contributed by atoms with van der Waals surface area (Å²) in [5, 5.41) is 13.8. The normalized spacial score (nSPS) is 10.6. The molecule has 0 unspecified atom stereocenters. The number of carbonyl (C=O) groups is 1. The second-order valence-electron chi connectivity index (χ2n) is 4.55. The lowest BCUT2D eigenvalue weighted by molar-refractivity contribution is 0.0955. The highest BCUT2D eigenvalue weighted by Crippen LogP contribution is 2.21. The van der Waals surface area contributed by atoms with Crippen LogP contribution in [0.5, 0.6) is 5.75 Å². The molecule has 0 fully saturated rings. The Morgan fingerprint density at radius 1 is 1.27 bits per heavy atom. The Morgan fingerprint density at radius 3 is 2.68 bits per heavy atom. The van der Waals surface area contributed by atoms with Crippen molar-refractivity contribution in [2.75, 3.05) is 0 Å². The molecule has 0 radical (unpaired) electrons. The molecule has 0 aliphatic heterocycles. The molecule has 112 valence electrons. The lowest BCUT2D eigenvalue weighted by atomic mass is 10.1. The lowest BCUT2D eigenvalue weighted by Gasteiger charge is -2.04. The number of hydrogen-bond acceptors (Lipinski definition) is 3. The number of halogens is 1. The summed E-state index contributed by atoms with van der Waals surface area (Å²) >= 11 is 0. The highest BCUT2D eigenvalue weighted by Gasteiger charge is 2.05. The van der Waals surface area contributed by atoms with E-state index >= 15 is 0 Å². The van der Waals surface area contributed by atoms with E-state index in [-0.39, 0.29) is 5.75 Å². The molecule has 0 saturated carbocycles. The molecule has 0 saturated heterocycles. The van der Waals surface area contributed by atoms with E-state index in [0.29, 0.717) is 17.5 Å². The second-order valence-corrected chi connectivity index (χ2v) is 4.55. The topological polar surface area (TPSA) is 61.7 Å². The Labute approximate surface area is 127 Å². The number of para-hydroxylation sites is 1. The summed E-state index contributed by atoms with van der Waals surface area (Å²) in [7, 11) is 0. The highest BCUT2D eigenvalue weighted by molar-refractivity contribution is 5.95. The van der Waals surface area contributed by atoms with Crippen LogP contribution in [0.3, 0.4) is 0 Å². The number of carbonyl (C=O) groups excluding carboxylic acids is 1. The molecular weight excluding hydrogens is 283 g/mol. The van der Waals surface area contributed by atoms with Crippen molar-refractivity contribution in [1.82, 2.24) is 5.43 Å². The molecule has 0 atom stereocenters. The zero-order valence-electron chi connectivity index (χ0n) is 11.8. The largest absolute Gasteiger partial charge is 0.507 e. The summed E-state index contributed by atoms with van der Waals surface area (Å²) in [4.78, 5) is 11.8. The van der Waals surface area contributed by atoms with E-state index in [1.165, 1.54) is 30.5 Å². The maximum Gasteiger partial charge on any atom is 0.271 e. The Bertz CT molecular complexity index is 709. The molecule has 22 heavy (non-hydrogen) atoms. The fraction of sp³-hybridized carbons (Fsp3) is 0.0588. The van der Waals surface area contributed by atoms with Gasteiger partial charge in [-0.15, -0.1) is 6.58 Å². The molecule has 0 aliphatic rings. The molecule has 2 N–H and O–H groups in total. The number of allylic oxidation sites excluding steroid dienone is 1. The van der Waals surface area contributed by atoms with Crippen LogP contribution in [0, 0.1) is 5.82 Å². The van der Waals surface area contributed by atoms with Crippen molar-refractivity contribution >= 4 is 12.1 Å². The predicted molar refractivity (Wildman–Crippen MR) is 83.5 cm³/mol. The van der Waals surface area contributed by atoms with Crippen LogP contribution in [0.15, 0.2) is 60.2 Å². The second kappa shape index (κ2) is 7.17. The van der Waals surface area contributed by atoms with E-state index < -0.39 is 11.7 Å². The van der Waals surface area contributed by atoms with Gasteiger partial charge in [0.2, 0.25) is 0 Å². The first kappa shape index (κ1) is 15.4. The number of amides is 1. The van der Waals surface area contributed by atoms with Crippen LogP contribution in [-0.4, -0.2) is 17.2 Å². The van der Waals surface area contributed by atoms with E-state index in [0.717, 1.165) is 5.56 Å². The van der Waals surface area contributed by atoms with Crippen LogP contribution in [0.25, 0.3) is 0 Å². The van der Waals surface area contributed by atoms with Crippen molar-refractivity contribution in [3.63, 3.8) is 0 Å². The Hall–Kier alpha value is -2.95. The van der Waals surface area contributed by atoms with Crippen molar-refractivity contribution < 1.29 is 14.3 Å². The monoisotopic (exact) mass is 298 g/mol. The summed E-state index contributed by atoms with van der Waals surface area (Å²) in [6.45, 7) is 3.62. The van der Waals surface area contributed by atoms with E-state index in [4.69, 9.17) is 0 Å². The van der Waals surface area contributed by atoms with Gasteiger partial charge >= 0.3 is 0 Å². The van der Waals surface area contributed by atoms with Crippen molar-refractivity contribution in [3.8, 4) is 5.75 Å². The zero-order valence-corrected chi connectivity index (χ0v) is 11.8. The average Bonchev–Trinajstić information content (AvgIpc) is 2.51. The van der Waals surface area contributed by atoms with Crippen molar-refractivity contribution in [2.45, 2.75) is 6.42 Å². The van der Waals surface area contributed by atoms with E-state index in [2.05, 4.69) is 17.1 Å². The smallest absolute Gasteiger partial charge is 0.271 e.